The number of amides is 2. The summed E-state index contributed by atoms with van der Waals surface area (Å²) in [6.45, 7) is 5.94. The van der Waals surface area contributed by atoms with E-state index in [1.165, 1.54) is 4.90 Å². The lowest BCUT2D eigenvalue weighted by atomic mass is 10.0. The first-order chi connectivity index (χ1) is 8.82. The molecule has 1 heterocycles. The quantitative estimate of drug-likeness (QED) is 0.857. The van der Waals surface area contributed by atoms with Crippen molar-refractivity contribution in [2.24, 2.45) is 0 Å². The molecule has 0 aromatic heterocycles. The van der Waals surface area contributed by atoms with E-state index in [1.54, 1.807) is 20.9 Å². The molecule has 0 bridgehead atoms. The number of hydrogen-bond donors (Lipinski definition) is 1. The number of carbonyl (C=O) groups is 2. The van der Waals surface area contributed by atoms with Crippen molar-refractivity contribution in [1.82, 2.24) is 9.80 Å². The zero-order chi connectivity index (χ0) is 14.6. The van der Waals surface area contributed by atoms with Gasteiger partial charge in [0.15, 0.2) is 0 Å². The number of nitrogens with zero attached hydrogens (tertiary/aromatic N) is 2. The van der Waals surface area contributed by atoms with E-state index in [0.717, 1.165) is 38.6 Å². The van der Waals surface area contributed by atoms with Crippen LogP contribution in [0, 0.1) is 0 Å². The van der Waals surface area contributed by atoms with Crippen molar-refractivity contribution in [1.29, 1.82) is 0 Å². The van der Waals surface area contributed by atoms with Crippen LogP contribution in [0.4, 0.5) is 4.79 Å². The average molecular weight is 270 g/mol. The van der Waals surface area contributed by atoms with E-state index in [2.05, 4.69) is 6.92 Å². The molecule has 0 aromatic carbocycles. The Morgan fingerprint density at radius 1 is 1.32 bits per heavy atom. The number of likely N-dealkylation sites (N-methyl/N-ethyl adjacent to an activating group) is 1. The number of rotatable bonds is 3. The second kappa shape index (κ2) is 6.26. The molecule has 19 heavy (non-hydrogen) atoms. The summed E-state index contributed by atoms with van der Waals surface area (Å²) < 4.78 is 0. The van der Waals surface area contributed by atoms with Gasteiger partial charge in [-0.3, -0.25) is 0 Å². The molecule has 110 valence electrons. The third-order valence-corrected chi connectivity index (χ3v) is 4.24. The summed E-state index contributed by atoms with van der Waals surface area (Å²) in [5.74, 6) is -0.980. The highest BCUT2D eigenvalue weighted by Crippen LogP contribution is 2.23. The Morgan fingerprint density at radius 2 is 1.95 bits per heavy atom. The maximum Gasteiger partial charge on any atom is 0.329 e. The van der Waals surface area contributed by atoms with Gasteiger partial charge in [0.1, 0.15) is 5.54 Å². The number of carboxylic acid groups (broad SMARTS) is 1. The van der Waals surface area contributed by atoms with Gasteiger partial charge in [-0.25, -0.2) is 9.59 Å². The molecule has 0 aromatic rings. The van der Waals surface area contributed by atoms with Crippen molar-refractivity contribution in [3.63, 3.8) is 0 Å². The largest absolute Gasteiger partial charge is 0.480 e. The van der Waals surface area contributed by atoms with Crippen LogP contribution < -0.4 is 0 Å². The maximum atomic E-state index is 12.6. The molecule has 5 nitrogen and oxygen atoms in total. The molecule has 0 spiro atoms. The van der Waals surface area contributed by atoms with Gasteiger partial charge >= 0.3 is 12.0 Å². The van der Waals surface area contributed by atoms with Crippen LogP contribution in [0.5, 0.6) is 0 Å². The monoisotopic (exact) mass is 270 g/mol. The fourth-order valence-corrected chi connectivity index (χ4v) is 2.43. The Kier molecular flexibility index (Phi) is 5.20. The lowest BCUT2D eigenvalue weighted by Crippen LogP contribution is -2.56. The highest BCUT2D eigenvalue weighted by molar-refractivity contribution is 5.85. The minimum Gasteiger partial charge on any atom is -0.480 e. The van der Waals surface area contributed by atoms with Gasteiger partial charge in [0.25, 0.3) is 0 Å². The Hall–Kier alpha value is -1.26. The van der Waals surface area contributed by atoms with Crippen LogP contribution in [0.25, 0.3) is 0 Å². The summed E-state index contributed by atoms with van der Waals surface area (Å²) in [5.41, 5.74) is -1.18. The van der Waals surface area contributed by atoms with Gasteiger partial charge in [-0.15, -0.1) is 0 Å². The first kappa shape index (κ1) is 15.8. The van der Waals surface area contributed by atoms with Gasteiger partial charge in [0.05, 0.1) is 0 Å². The highest BCUT2D eigenvalue weighted by atomic mass is 16.4. The third-order valence-electron chi connectivity index (χ3n) is 4.24. The number of urea groups is 1. The molecule has 1 rings (SSSR count). The summed E-state index contributed by atoms with van der Waals surface area (Å²) in [7, 11) is 1.58. The van der Waals surface area contributed by atoms with Gasteiger partial charge in [0, 0.05) is 19.6 Å². The Morgan fingerprint density at radius 3 is 2.47 bits per heavy atom. The Balaban J connectivity index is 2.87. The van der Waals surface area contributed by atoms with Crippen LogP contribution in [0.2, 0.25) is 0 Å². The summed E-state index contributed by atoms with van der Waals surface area (Å²) in [4.78, 5) is 27.0. The van der Waals surface area contributed by atoms with E-state index in [0.29, 0.717) is 0 Å². The highest BCUT2D eigenvalue weighted by Gasteiger charge is 2.38. The second-order valence-corrected chi connectivity index (χ2v) is 5.81. The molecule has 0 radical (unpaired) electrons. The molecule has 1 atom stereocenters. The Labute approximate surface area is 115 Å². The Bertz CT molecular complexity index is 342. The van der Waals surface area contributed by atoms with E-state index < -0.39 is 11.5 Å². The van der Waals surface area contributed by atoms with Crippen molar-refractivity contribution < 1.29 is 14.7 Å². The average Bonchev–Trinajstić information content (AvgIpc) is 2.61. The summed E-state index contributed by atoms with van der Waals surface area (Å²) in [6, 6.07) is 0.0724. The van der Waals surface area contributed by atoms with Crippen LogP contribution in [-0.4, -0.2) is 52.1 Å². The fourth-order valence-electron chi connectivity index (χ4n) is 2.43. The molecule has 0 aliphatic carbocycles. The van der Waals surface area contributed by atoms with Crippen molar-refractivity contribution in [3.05, 3.63) is 0 Å². The number of likely N-dealkylation sites (tertiary alicyclic amines) is 1. The minimum absolute atomic E-state index is 0.166. The summed E-state index contributed by atoms with van der Waals surface area (Å²) in [5, 5.41) is 9.23. The van der Waals surface area contributed by atoms with Crippen LogP contribution in [0.3, 0.4) is 0 Å². The number of aliphatic carboxylic acids is 1. The van der Waals surface area contributed by atoms with Crippen molar-refractivity contribution >= 4 is 12.0 Å². The topological polar surface area (TPSA) is 60.9 Å². The van der Waals surface area contributed by atoms with E-state index in [4.69, 9.17) is 0 Å². The number of carboxylic acids is 1. The molecule has 1 saturated heterocycles. The van der Waals surface area contributed by atoms with Gasteiger partial charge in [0.2, 0.25) is 0 Å². The molecule has 1 unspecified atom stereocenters. The molecular formula is C14H26N2O3. The lowest BCUT2D eigenvalue weighted by Gasteiger charge is -2.38. The van der Waals surface area contributed by atoms with Crippen LogP contribution in [0.1, 0.15) is 52.9 Å². The number of hydrogen-bond acceptors (Lipinski definition) is 2. The molecule has 5 heteroatoms. The van der Waals surface area contributed by atoms with Gasteiger partial charge in [-0.1, -0.05) is 19.8 Å². The fraction of sp³-hybridized carbons (Fsp3) is 0.857. The van der Waals surface area contributed by atoms with Crippen LogP contribution in [-0.2, 0) is 4.79 Å². The van der Waals surface area contributed by atoms with Gasteiger partial charge in [-0.2, -0.15) is 0 Å². The van der Waals surface area contributed by atoms with E-state index in [9.17, 15) is 14.7 Å². The molecule has 1 aliphatic heterocycles. The lowest BCUT2D eigenvalue weighted by molar-refractivity contribution is -0.147. The zero-order valence-corrected chi connectivity index (χ0v) is 12.5. The van der Waals surface area contributed by atoms with E-state index in [1.807, 2.05) is 4.90 Å². The smallest absolute Gasteiger partial charge is 0.329 e. The predicted octanol–water partition coefficient (Wildman–Crippen LogP) is 2.56. The molecule has 0 saturated carbocycles. The molecule has 2 amide bonds. The predicted molar refractivity (Wildman–Crippen MR) is 74.1 cm³/mol. The van der Waals surface area contributed by atoms with E-state index in [-0.39, 0.29) is 12.1 Å². The number of carbonyl (C=O) groups excluding carboxylic acids is 1. The first-order valence-electron chi connectivity index (χ1n) is 7.10. The van der Waals surface area contributed by atoms with Gasteiger partial charge in [-0.05, 0) is 33.1 Å². The molecule has 1 fully saturated rings. The minimum atomic E-state index is -1.18. The van der Waals surface area contributed by atoms with Crippen molar-refractivity contribution in [3.8, 4) is 0 Å². The first-order valence-corrected chi connectivity index (χ1v) is 7.10. The summed E-state index contributed by atoms with van der Waals surface area (Å²) >= 11 is 0. The SMILES string of the molecule is CCC1CCCCCN1C(=O)N(C)C(C)(C)C(=O)O. The third kappa shape index (κ3) is 3.39. The van der Waals surface area contributed by atoms with Gasteiger partial charge < -0.3 is 14.9 Å². The normalized spacial score (nSPS) is 20.8. The van der Waals surface area contributed by atoms with Crippen molar-refractivity contribution in [2.45, 2.75) is 64.5 Å². The zero-order valence-electron chi connectivity index (χ0n) is 12.5. The summed E-state index contributed by atoms with van der Waals surface area (Å²) in [6.07, 6.45) is 5.24. The van der Waals surface area contributed by atoms with E-state index >= 15 is 0 Å². The second-order valence-electron chi connectivity index (χ2n) is 5.81. The standard InChI is InChI=1S/C14H26N2O3/c1-5-11-9-7-6-8-10-16(11)13(19)15(4)14(2,3)12(17)18/h11H,5-10H2,1-4H3,(H,17,18). The molecular weight excluding hydrogens is 244 g/mol. The maximum absolute atomic E-state index is 12.6. The van der Waals surface area contributed by atoms with Crippen LogP contribution >= 0.6 is 0 Å². The van der Waals surface area contributed by atoms with Crippen LogP contribution in [0.15, 0.2) is 0 Å². The molecule has 1 N–H and O–H groups in total. The van der Waals surface area contributed by atoms with Crippen molar-refractivity contribution in [2.75, 3.05) is 13.6 Å². The molecule has 1 aliphatic rings.